The number of rotatable bonds is 4. The molecular formula is C22H22N4O3. The van der Waals surface area contributed by atoms with Gasteiger partial charge in [0.1, 0.15) is 6.10 Å². The molecule has 7 nitrogen and oxygen atoms in total. The number of ether oxygens (including phenoxy) is 1. The van der Waals surface area contributed by atoms with Crippen LogP contribution in [0.5, 0.6) is 0 Å². The van der Waals surface area contributed by atoms with E-state index in [-0.39, 0.29) is 11.3 Å². The highest BCUT2D eigenvalue weighted by molar-refractivity contribution is 6.00. The van der Waals surface area contributed by atoms with Crippen LogP contribution in [-0.2, 0) is 11.8 Å². The highest BCUT2D eigenvalue weighted by atomic mass is 16.5. The van der Waals surface area contributed by atoms with Gasteiger partial charge in [0.2, 0.25) is 5.95 Å². The summed E-state index contributed by atoms with van der Waals surface area (Å²) in [5.41, 5.74) is 2.96. The van der Waals surface area contributed by atoms with E-state index in [1.807, 2.05) is 48.2 Å². The number of pyridine rings is 1. The van der Waals surface area contributed by atoms with E-state index < -0.39 is 6.10 Å². The molecule has 1 aliphatic rings. The summed E-state index contributed by atoms with van der Waals surface area (Å²) in [5, 5.41) is 0. The Morgan fingerprint density at radius 2 is 1.86 bits per heavy atom. The first-order chi connectivity index (χ1) is 14.0. The molecule has 7 heteroatoms. The van der Waals surface area contributed by atoms with Gasteiger partial charge in [-0.25, -0.2) is 4.98 Å². The van der Waals surface area contributed by atoms with Gasteiger partial charge in [0.05, 0.1) is 18.8 Å². The monoisotopic (exact) mass is 390 g/mol. The van der Waals surface area contributed by atoms with Gasteiger partial charge in [-0.1, -0.05) is 29.8 Å². The summed E-state index contributed by atoms with van der Waals surface area (Å²) < 4.78 is 7.25. The van der Waals surface area contributed by atoms with Crippen molar-refractivity contribution < 1.29 is 9.53 Å². The molecule has 1 unspecified atom stereocenters. The summed E-state index contributed by atoms with van der Waals surface area (Å²) in [5.74, 6) is 0.458. The number of aromatic nitrogens is 3. The number of carbonyl (C=O) groups excluding carboxylic acids is 1. The van der Waals surface area contributed by atoms with Crippen LogP contribution >= 0.6 is 0 Å². The first-order valence-corrected chi connectivity index (χ1v) is 9.49. The van der Waals surface area contributed by atoms with Gasteiger partial charge in [0.15, 0.2) is 5.78 Å². The molecule has 0 spiro atoms. The number of carbonyl (C=O) groups is 1. The quantitative estimate of drug-likeness (QED) is 0.636. The van der Waals surface area contributed by atoms with Crippen molar-refractivity contribution in [2.24, 2.45) is 7.05 Å². The maximum Gasteiger partial charge on any atom is 0.255 e. The zero-order chi connectivity index (χ0) is 20.4. The molecule has 0 aliphatic carbocycles. The minimum atomic E-state index is -0.604. The zero-order valence-electron chi connectivity index (χ0n) is 16.4. The Kier molecular flexibility index (Phi) is 5.22. The van der Waals surface area contributed by atoms with Crippen molar-refractivity contribution in [3.05, 3.63) is 76.3 Å². The molecule has 0 bridgehead atoms. The molecule has 3 aromatic rings. The number of nitrogens with zero attached hydrogens (tertiary/aromatic N) is 4. The van der Waals surface area contributed by atoms with Crippen molar-refractivity contribution in [1.29, 1.82) is 0 Å². The van der Waals surface area contributed by atoms with Crippen molar-refractivity contribution in [1.82, 2.24) is 14.5 Å². The third kappa shape index (κ3) is 3.95. The lowest BCUT2D eigenvalue weighted by Gasteiger charge is -2.33. The van der Waals surface area contributed by atoms with Gasteiger partial charge < -0.3 is 9.64 Å². The summed E-state index contributed by atoms with van der Waals surface area (Å²) in [4.78, 5) is 36.1. The molecule has 1 atom stereocenters. The topological polar surface area (TPSA) is 77.3 Å². The largest absolute Gasteiger partial charge is 0.366 e. The second kappa shape index (κ2) is 7.97. The number of hydrogen-bond donors (Lipinski definition) is 0. The molecule has 148 valence electrons. The Labute approximate surface area is 168 Å². The predicted octanol–water partition coefficient (Wildman–Crippen LogP) is 2.24. The highest BCUT2D eigenvalue weighted by Crippen LogP contribution is 2.21. The smallest absolute Gasteiger partial charge is 0.255 e. The van der Waals surface area contributed by atoms with Crippen LogP contribution in [0.25, 0.3) is 11.3 Å². The fraction of sp³-hybridized carbons (Fsp3) is 0.273. The molecule has 1 aliphatic heterocycles. The lowest BCUT2D eigenvalue weighted by atomic mass is 10.0. The van der Waals surface area contributed by atoms with Gasteiger partial charge in [0, 0.05) is 43.2 Å². The van der Waals surface area contributed by atoms with E-state index in [4.69, 9.17) is 9.72 Å². The molecule has 0 radical (unpaired) electrons. The lowest BCUT2D eigenvalue weighted by Crippen LogP contribution is -2.48. The van der Waals surface area contributed by atoms with Crippen molar-refractivity contribution in [3.63, 3.8) is 0 Å². The SMILES string of the molecule is Cc1ccc(C(=O)C2CN(c3nc(-c4ccncc4)cc(=O)n3C)CCO2)cc1. The number of morpholine rings is 1. The fourth-order valence-electron chi connectivity index (χ4n) is 3.37. The molecular weight excluding hydrogens is 368 g/mol. The van der Waals surface area contributed by atoms with Crippen LogP contribution in [0.1, 0.15) is 15.9 Å². The van der Waals surface area contributed by atoms with E-state index in [0.717, 1.165) is 11.1 Å². The van der Waals surface area contributed by atoms with Gasteiger partial charge in [-0.2, -0.15) is 0 Å². The Hall–Kier alpha value is -3.32. The molecule has 0 amide bonds. The van der Waals surface area contributed by atoms with E-state index in [1.165, 1.54) is 10.6 Å². The highest BCUT2D eigenvalue weighted by Gasteiger charge is 2.29. The average Bonchev–Trinajstić information content (AvgIpc) is 2.76. The normalized spacial score (nSPS) is 16.6. The number of hydrogen-bond acceptors (Lipinski definition) is 6. The standard InChI is InChI=1S/C22H22N4O3/c1-15-3-5-17(6-4-15)21(28)19-14-26(11-12-29-19)22-24-18(13-20(27)25(22)2)16-7-9-23-10-8-16/h3-10,13,19H,11-12,14H2,1-2H3. The number of benzene rings is 1. The van der Waals surface area contributed by atoms with Crippen molar-refractivity contribution >= 4 is 11.7 Å². The maximum absolute atomic E-state index is 12.9. The Balaban J connectivity index is 1.63. The first-order valence-electron chi connectivity index (χ1n) is 9.49. The summed E-state index contributed by atoms with van der Waals surface area (Å²) in [7, 11) is 1.69. The van der Waals surface area contributed by atoms with Crippen LogP contribution < -0.4 is 10.5 Å². The molecule has 2 aromatic heterocycles. The first kappa shape index (κ1) is 19.0. The third-order valence-electron chi connectivity index (χ3n) is 5.07. The van der Waals surface area contributed by atoms with Gasteiger partial charge in [-0.05, 0) is 19.1 Å². The van der Waals surface area contributed by atoms with Crippen molar-refractivity contribution in [2.45, 2.75) is 13.0 Å². The second-order valence-electron chi connectivity index (χ2n) is 7.11. The van der Waals surface area contributed by atoms with Crippen LogP contribution in [0.3, 0.4) is 0 Å². The van der Waals surface area contributed by atoms with Gasteiger partial charge in [-0.15, -0.1) is 0 Å². The molecule has 3 heterocycles. The van der Waals surface area contributed by atoms with E-state index >= 15 is 0 Å². The van der Waals surface area contributed by atoms with E-state index in [1.54, 1.807) is 19.4 Å². The van der Waals surface area contributed by atoms with Crippen LogP contribution in [0, 0.1) is 6.92 Å². The fourth-order valence-corrected chi connectivity index (χ4v) is 3.37. The lowest BCUT2D eigenvalue weighted by molar-refractivity contribution is 0.0337. The number of Topliss-reactive ketones (excluding diaryl/α,β-unsaturated/α-hetero) is 1. The van der Waals surface area contributed by atoms with Crippen molar-refractivity contribution in [2.75, 3.05) is 24.6 Å². The number of ketones is 1. The Bertz CT molecular complexity index is 1080. The maximum atomic E-state index is 12.9. The summed E-state index contributed by atoms with van der Waals surface area (Å²) in [6, 6.07) is 12.6. The molecule has 29 heavy (non-hydrogen) atoms. The summed E-state index contributed by atoms with van der Waals surface area (Å²) in [6.45, 7) is 3.26. The second-order valence-corrected chi connectivity index (χ2v) is 7.11. The molecule has 1 fully saturated rings. The Morgan fingerprint density at radius 1 is 1.14 bits per heavy atom. The van der Waals surface area contributed by atoms with Gasteiger partial charge in [0.25, 0.3) is 5.56 Å². The number of aryl methyl sites for hydroxylation is 1. The van der Waals surface area contributed by atoms with Crippen molar-refractivity contribution in [3.8, 4) is 11.3 Å². The summed E-state index contributed by atoms with van der Waals surface area (Å²) in [6.07, 6.45) is 2.73. The molecule has 1 saturated heterocycles. The molecule has 0 N–H and O–H groups in total. The summed E-state index contributed by atoms with van der Waals surface area (Å²) >= 11 is 0. The van der Waals surface area contributed by atoms with Crippen LogP contribution in [-0.4, -0.2) is 46.1 Å². The average molecular weight is 390 g/mol. The minimum absolute atomic E-state index is 0.0648. The van der Waals surface area contributed by atoms with Gasteiger partial charge in [-0.3, -0.25) is 19.1 Å². The third-order valence-corrected chi connectivity index (χ3v) is 5.07. The van der Waals surface area contributed by atoms with E-state index in [0.29, 0.717) is 36.9 Å². The van der Waals surface area contributed by atoms with Crippen LogP contribution in [0.4, 0.5) is 5.95 Å². The predicted molar refractivity (Wildman–Crippen MR) is 110 cm³/mol. The number of anilines is 1. The molecule has 4 rings (SSSR count). The Morgan fingerprint density at radius 3 is 2.59 bits per heavy atom. The molecule has 0 saturated carbocycles. The van der Waals surface area contributed by atoms with Crippen LogP contribution in [0.15, 0.2) is 59.7 Å². The molecule has 1 aromatic carbocycles. The minimum Gasteiger partial charge on any atom is -0.366 e. The van der Waals surface area contributed by atoms with E-state index in [2.05, 4.69) is 4.98 Å². The van der Waals surface area contributed by atoms with Crippen LogP contribution in [0.2, 0.25) is 0 Å². The van der Waals surface area contributed by atoms with E-state index in [9.17, 15) is 9.59 Å². The van der Waals surface area contributed by atoms with Gasteiger partial charge >= 0.3 is 0 Å². The zero-order valence-corrected chi connectivity index (χ0v) is 16.4.